The molecule has 7 heteroatoms. The van der Waals surface area contributed by atoms with Gasteiger partial charge in [0.25, 0.3) is 0 Å². The molecule has 0 aliphatic rings. The number of rotatable bonds is 4. The molecule has 0 heterocycles. The monoisotopic (exact) mass is 402 g/mol. The topological polar surface area (TPSA) is 17.1 Å². The second kappa shape index (κ2) is 7.60. The summed E-state index contributed by atoms with van der Waals surface area (Å²) in [4.78, 5) is 12.9. The summed E-state index contributed by atoms with van der Waals surface area (Å²) in [6.07, 6.45) is -9.09. The Bertz CT molecular complexity index is 808. The molecular weight excluding hydrogens is 382 g/mol. The van der Waals surface area contributed by atoms with Gasteiger partial charge >= 0.3 is 12.4 Å². The molecule has 2 aromatic rings. The molecule has 2 rings (SSSR count). The third-order valence-corrected chi connectivity index (χ3v) is 5.00. The highest BCUT2D eigenvalue weighted by Gasteiger charge is 2.34. The van der Waals surface area contributed by atoms with Crippen LogP contribution in [0.4, 0.5) is 26.3 Å². The maximum atomic E-state index is 13.0. The average Bonchev–Trinajstić information content (AvgIpc) is 2.58. The first-order chi connectivity index (χ1) is 12.7. The van der Waals surface area contributed by atoms with Gasteiger partial charge in [-0.1, -0.05) is 26.0 Å². The van der Waals surface area contributed by atoms with Gasteiger partial charge in [0.15, 0.2) is 0 Å². The molecule has 152 valence electrons. The summed E-state index contributed by atoms with van der Waals surface area (Å²) < 4.78 is 78.0. The molecule has 0 aliphatic carbocycles. The van der Waals surface area contributed by atoms with E-state index in [2.05, 4.69) is 0 Å². The molecule has 2 atom stereocenters. The van der Waals surface area contributed by atoms with Crippen LogP contribution in [-0.2, 0) is 17.1 Å². The normalized spacial score (nSPS) is 14.6. The van der Waals surface area contributed by atoms with Crippen molar-refractivity contribution >= 4 is 5.78 Å². The maximum Gasteiger partial charge on any atom is 0.416 e. The molecule has 0 N–H and O–H groups in total. The second-order valence-electron chi connectivity index (χ2n) is 6.98. The molecular formula is C21H20F6O. The molecule has 0 aromatic heterocycles. The zero-order valence-electron chi connectivity index (χ0n) is 15.8. The fraction of sp³-hybridized carbons (Fsp3) is 0.381. The van der Waals surface area contributed by atoms with Crippen LogP contribution in [0.25, 0.3) is 0 Å². The molecule has 0 saturated carbocycles. The minimum atomic E-state index is -4.55. The fourth-order valence-electron chi connectivity index (χ4n) is 3.25. The minimum Gasteiger partial charge on any atom is -0.298 e. The van der Waals surface area contributed by atoms with Crippen LogP contribution >= 0.6 is 0 Å². The highest BCUT2D eigenvalue weighted by molar-refractivity contribution is 5.91. The SMILES string of the molecule is Cc1ccc(C(F)(F)F)cc1C(C)C(=O)C(C)c1cc(C(F)(F)F)ccc1C. The average molecular weight is 402 g/mol. The quantitative estimate of drug-likeness (QED) is 0.513. The van der Waals surface area contributed by atoms with Crippen molar-refractivity contribution in [3.63, 3.8) is 0 Å². The van der Waals surface area contributed by atoms with Gasteiger partial charge in [0.2, 0.25) is 0 Å². The van der Waals surface area contributed by atoms with Crippen molar-refractivity contribution in [1.82, 2.24) is 0 Å². The van der Waals surface area contributed by atoms with Crippen molar-refractivity contribution < 1.29 is 31.1 Å². The third-order valence-electron chi connectivity index (χ3n) is 5.00. The minimum absolute atomic E-state index is 0.219. The number of Topliss-reactive ketones (excluding diaryl/α,β-unsaturated/α-hetero) is 1. The van der Waals surface area contributed by atoms with Crippen molar-refractivity contribution in [2.24, 2.45) is 0 Å². The van der Waals surface area contributed by atoms with Crippen molar-refractivity contribution in [3.05, 3.63) is 69.8 Å². The molecule has 28 heavy (non-hydrogen) atoms. The number of alkyl halides is 6. The zero-order chi connectivity index (χ0) is 21.4. The third kappa shape index (κ3) is 4.56. The molecule has 0 fully saturated rings. The summed E-state index contributed by atoms with van der Waals surface area (Å²) in [6.45, 7) is 6.15. The Hall–Kier alpha value is -2.31. The van der Waals surface area contributed by atoms with Gasteiger partial charge in [-0.15, -0.1) is 0 Å². The summed E-state index contributed by atoms with van der Waals surface area (Å²) in [5.41, 5.74) is -0.262. The smallest absolute Gasteiger partial charge is 0.298 e. The van der Waals surface area contributed by atoms with E-state index in [1.165, 1.54) is 26.0 Å². The number of benzene rings is 2. The summed E-state index contributed by atoms with van der Waals surface area (Å²) >= 11 is 0. The number of aryl methyl sites for hydroxylation is 2. The van der Waals surface area contributed by atoms with Crippen LogP contribution in [-0.4, -0.2) is 5.78 Å². The Morgan fingerprint density at radius 1 is 0.714 bits per heavy atom. The zero-order valence-corrected chi connectivity index (χ0v) is 15.8. The first-order valence-electron chi connectivity index (χ1n) is 8.62. The largest absolute Gasteiger partial charge is 0.416 e. The van der Waals surface area contributed by atoms with Crippen LogP contribution in [0.2, 0.25) is 0 Å². The number of halogens is 6. The Morgan fingerprint density at radius 2 is 1.04 bits per heavy atom. The van der Waals surface area contributed by atoms with Crippen molar-refractivity contribution in [2.75, 3.05) is 0 Å². The molecule has 0 bridgehead atoms. The van der Waals surface area contributed by atoms with E-state index >= 15 is 0 Å². The van der Waals surface area contributed by atoms with E-state index in [0.717, 1.165) is 24.3 Å². The molecule has 0 saturated heterocycles. The number of carbonyl (C=O) groups is 1. The Labute approximate surface area is 159 Å². The molecule has 0 radical (unpaired) electrons. The van der Waals surface area contributed by atoms with Crippen LogP contribution in [0.1, 0.15) is 59.1 Å². The van der Waals surface area contributed by atoms with E-state index in [1.54, 1.807) is 13.8 Å². The Morgan fingerprint density at radius 3 is 1.32 bits per heavy atom. The molecule has 0 aliphatic heterocycles. The summed E-state index contributed by atoms with van der Waals surface area (Å²) in [6, 6.07) is 6.34. The van der Waals surface area contributed by atoms with Crippen LogP contribution in [0.3, 0.4) is 0 Å². The van der Waals surface area contributed by atoms with Crippen molar-refractivity contribution in [3.8, 4) is 0 Å². The number of carbonyl (C=O) groups excluding carboxylic acids is 1. The molecule has 0 amide bonds. The number of hydrogen-bond acceptors (Lipinski definition) is 1. The van der Waals surface area contributed by atoms with E-state index < -0.39 is 41.1 Å². The van der Waals surface area contributed by atoms with E-state index in [9.17, 15) is 31.1 Å². The highest BCUT2D eigenvalue weighted by atomic mass is 19.4. The highest BCUT2D eigenvalue weighted by Crippen LogP contribution is 2.36. The van der Waals surface area contributed by atoms with Crippen LogP contribution in [0.5, 0.6) is 0 Å². The first kappa shape index (κ1) is 22.0. The predicted octanol–water partition coefficient (Wildman–Crippen LogP) is 6.82. The van der Waals surface area contributed by atoms with Gasteiger partial charge in [-0.3, -0.25) is 4.79 Å². The van der Waals surface area contributed by atoms with Gasteiger partial charge in [0, 0.05) is 11.8 Å². The summed E-state index contributed by atoms with van der Waals surface area (Å²) in [5.74, 6) is -2.23. The van der Waals surface area contributed by atoms with E-state index in [0.29, 0.717) is 11.1 Å². The van der Waals surface area contributed by atoms with Crippen molar-refractivity contribution in [2.45, 2.75) is 51.9 Å². The molecule has 2 aromatic carbocycles. The maximum absolute atomic E-state index is 13.0. The molecule has 1 nitrogen and oxygen atoms in total. The summed E-state index contributed by atoms with van der Waals surface area (Å²) in [7, 11) is 0. The molecule has 0 spiro atoms. The molecule has 2 unspecified atom stereocenters. The fourth-order valence-corrected chi connectivity index (χ4v) is 3.25. The number of hydrogen-bond donors (Lipinski definition) is 0. The van der Waals surface area contributed by atoms with Crippen LogP contribution < -0.4 is 0 Å². The Kier molecular flexibility index (Phi) is 5.97. The van der Waals surface area contributed by atoms with Gasteiger partial charge in [0.1, 0.15) is 5.78 Å². The second-order valence-corrected chi connectivity index (χ2v) is 6.98. The lowest BCUT2D eigenvalue weighted by Crippen LogP contribution is -2.19. The van der Waals surface area contributed by atoms with E-state index in [-0.39, 0.29) is 11.1 Å². The first-order valence-corrected chi connectivity index (χ1v) is 8.62. The van der Waals surface area contributed by atoms with E-state index in [1.807, 2.05) is 0 Å². The lowest BCUT2D eigenvalue weighted by molar-refractivity contribution is -0.138. The van der Waals surface area contributed by atoms with Gasteiger partial charge in [0.05, 0.1) is 11.1 Å². The predicted molar refractivity (Wildman–Crippen MR) is 94.2 cm³/mol. The Balaban J connectivity index is 2.41. The lowest BCUT2D eigenvalue weighted by Gasteiger charge is -2.22. The lowest BCUT2D eigenvalue weighted by atomic mass is 9.82. The van der Waals surface area contributed by atoms with Gasteiger partial charge < -0.3 is 0 Å². The van der Waals surface area contributed by atoms with Gasteiger partial charge in [-0.25, -0.2) is 0 Å². The van der Waals surface area contributed by atoms with Gasteiger partial charge in [-0.2, -0.15) is 26.3 Å². The van der Waals surface area contributed by atoms with Crippen LogP contribution in [0, 0.1) is 13.8 Å². The number of ketones is 1. The van der Waals surface area contributed by atoms with E-state index in [4.69, 9.17) is 0 Å². The summed E-state index contributed by atoms with van der Waals surface area (Å²) in [5, 5.41) is 0. The van der Waals surface area contributed by atoms with Crippen molar-refractivity contribution in [1.29, 1.82) is 0 Å². The van der Waals surface area contributed by atoms with Gasteiger partial charge in [-0.05, 0) is 60.4 Å². The standard InChI is InChI=1S/C21H20F6O/c1-11-5-7-15(20(22,23)24)9-17(11)13(3)19(28)14(4)18-10-16(21(25,26)27)8-6-12(18)2/h5-10,13-14H,1-4H3. The van der Waals surface area contributed by atoms with Crippen LogP contribution in [0.15, 0.2) is 36.4 Å².